The fourth-order valence-electron chi connectivity index (χ4n) is 4.23. The number of benzene rings is 2. The molecule has 0 radical (unpaired) electrons. The van der Waals surface area contributed by atoms with E-state index in [4.69, 9.17) is 0 Å². The Balaban J connectivity index is 1.62. The van der Waals surface area contributed by atoms with Gasteiger partial charge in [-0.25, -0.2) is 8.42 Å². The van der Waals surface area contributed by atoms with E-state index in [-0.39, 0.29) is 17.3 Å². The van der Waals surface area contributed by atoms with Crippen LogP contribution in [-0.4, -0.2) is 48.3 Å². The van der Waals surface area contributed by atoms with Gasteiger partial charge in [0.25, 0.3) is 5.91 Å². The molecule has 1 aliphatic heterocycles. The van der Waals surface area contributed by atoms with Crippen molar-refractivity contribution in [2.24, 2.45) is 10.9 Å². The monoisotopic (exact) mass is 517 g/mol. The van der Waals surface area contributed by atoms with Crippen LogP contribution in [0.5, 0.6) is 0 Å². The van der Waals surface area contributed by atoms with Gasteiger partial charge in [0.15, 0.2) is 4.80 Å². The molecule has 0 spiro atoms. The number of amides is 1. The molecule has 6 nitrogen and oxygen atoms in total. The quantitative estimate of drug-likeness (QED) is 0.464. The van der Waals surface area contributed by atoms with Gasteiger partial charge in [0.1, 0.15) is 0 Å². The van der Waals surface area contributed by atoms with Crippen LogP contribution in [0.3, 0.4) is 0 Å². The predicted molar refractivity (Wildman–Crippen MR) is 141 cm³/mol. The third kappa shape index (κ3) is 5.32. The van der Waals surface area contributed by atoms with E-state index in [1.54, 1.807) is 36.0 Å². The fraction of sp³-hybridized carbons (Fsp3) is 0.440. The van der Waals surface area contributed by atoms with E-state index < -0.39 is 15.9 Å². The van der Waals surface area contributed by atoms with Gasteiger partial charge in [0.05, 0.1) is 21.0 Å². The molecule has 1 unspecified atom stereocenters. The van der Waals surface area contributed by atoms with Crippen molar-refractivity contribution in [3.05, 3.63) is 58.4 Å². The summed E-state index contributed by atoms with van der Waals surface area (Å²) in [6.07, 6.45) is 4.32. The van der Waals surface area contributed by atoms with Gasteiger partial charge in [0.2, 0.25) is 10.0 Å². The Morgan fingerprint density at radius 1 is 1.21 bits per heavy atom. The van der Waals surface area contributed by atoms with Crippen LogP contribution >= 0.6 is 23.1 Å². The summed E-state index contributed by atoms with van der Waals surface area (Å²) in [7, 11) is -3.63. The molecule has 1 aliphatic rings. The maximum absolute atomic E-state index is 13.2. The topological polar surface area (TPSA) is 71.7 Å². The van der Waals surface area contributed by atoms with Crippen LogP contribution in [0.1, 0.15) is 30.9 Å². The molecule has 1 atom stereocenters. The van der Waals surface area contributed by atoms with Crippen molar-refractivity contribution in [2.75, 3.05) is 25.1 Å². The summed E-state index contributed by atoms with van der Waals surface area (Å²) < 4.78 is 31.0. The average molecular weight is 518 g/mol. The zero-order chi connectivity index (χ0) is 24.3. The number of nitrogens with zero attached hydrogens (tertiary/aromatic N) is 3. The highest BCUT2D eigenvalue weighted by Gasteiger charge is 2.33. The molecule has 9 heteroatoms. The Hall–Kier alpha value is -1.94. The summed E-state index contributed by atoms with van der Waals surface area (Å²) in [5.74, 6) is 0.262. The zero-order valence-corrected chi connectivity index (χ0v) is 22.3. The van der Waals surface area contributed by atoms with Crippen molar-refractivity contribution in [1.29, 1.82) is 0 Å². The SMILES string of the molecule is CCc1ccc2c(c1)sc(=NC(=O)C1CCCN(S(=O)(=O)c3ccc(C)cc3)C1)n2CCSC. The molecule has 3 aromatic rings. The number of carbonyl (C=O) groups is 1. The summed E-state index contributed by atoms with van der Waals surface area (Å²) in [4.78, 5) is 18.8. The molecule has 4 rings (SSSR count). The highest BCUT2D eigenvalue weighted by molar-refractivity contribution is 7.98. The molecule has 182 valence electrons. The maximum atomic E-state index is 13.2. The number of thioether (sulfide) groups is 1. The van der Waals surface area contributed by atoms with Crippen molar-refractivity contribution >= 4 is 49.2 Å². The van der Waals surface area contributed by atoms with Crippen molar-refractivity contribution in [3.8, 4) is 0 Å². The fourth-order valence-corrected chi connectivity index (χ4v) is 7.24. The van der Waals surface area contributed by atoms with Gasteiger partial charge in [-0.1, -0.05) is 42.0 Å². The zero-order valence-electron chi connectivity index (χ0n) is 19.9. The first kappa shape index (κ1) is 25.2. The largest absolute Gasteiger partial charge is 0.316 e. The second-order valence-corrected chi connectivity index (χ2v) is 12.6. The Morgan fingerprint density at radius 3 is 2.68 bits per heavy atom. The summed E-state index contributed by atoms with van der Waals surface area (Å²) in [6, 6.07) is 13.3. The van der Waals surface area contributed by atoms with E-state index in [2.05, 4.69) is 40.9 Å². The molecule has 2 heterocycles. The van der Waals surface area contributed by atoms with Gasteiger partial charge >= 0.3 is 0 Å². The van der Waals surface area contributed by atoms with Crippen LogP contribution < -0.4 is 4.80 Å². The molecule has 0 bridgehead atoms. The lowest BCUT2D eigenvalue weighted by Crippen LogP contribution is -2.42. The van der Waals surface area contributed by atoms with Crippen LogP contribution in [0.15, 0.2) is 52.4 Å². The van der Waals surface area contributed by atoms with Crippen LogP contribution in [0.25, 0.3) is 10.2 Å². The van der Waals surface area contributed by atoms with E-state index in [1.807, 2.05) is 6.92 Å². The molecule has 2 aromatic carbocycles. The van der Waals surface area contributed by atoms with Gasteiger partial charge < -0.3 is 4.57 Å². The van der Waals surface area contributed by atoms with E-state index in [0.29, 0.717) is 24.2 Å². The van der Waals surface area contributed by atoms with Gasteiger partial charge in [-0.15, -0.1) is 0 Å². The van der Waals surface area contributed by atoms with Gasteiger partial charge in [0, 0.05) is 25.4 Å². The lowest BCUT2D eigenvalue weighted by molar-refractivity contribution is -0.122. The van der Waals surface area contributed by atoms with Crippen LogP contribution in [0, 0.1) is 12.8 Å². The van der Waals surface area contributed by atoms with E-state index in [0.717, 1.165) is 34.5 Å². The molecule has 0 aliphatic carbocycles. The minimum Gasteiger partial charge on any atom is -0.316 e. The van der Waals surface area contributed by atoms with Crippen molar-refractivity contribution in [1.82, 2.24) is 8.87 Å². The van der Waals surface area contributed by atoms with Crippen molar-refractivity contribution < 1.29 is 13.2 Å². The van der Waals surface area contributed by atoms with Crippen LogP contribution in [0.2, 0.25) is 0 Å². The summed E-state index contributed by atoms with van der Waals surface area (Å²) in [6.45, 7) is 5.43. The number of aromatic nitrogens is 1. The minimum absolute atomic E-state index is 0.175. The molecule has 1 aromatic heterocycles. The van der Waals surface area contributed by atoms with E-state index >= 15 is 0 Å². The predicted octanol–water partition coefficient (Wildman–Crippen LogP) is 4.46. The Kier molecular flexibility index (Phi) is 7.97. The summed E-state index contributed by atoms with van der Waals surface area (Å²) in [5.41, 5.74) is 3.36. The van der Waals surface area contributed by atoms with Gasteiger partial charge in [-0.05, 0) is 62.3 Å². The number of carbonyl (C=O) groups excluding carboxylic acids is 1. The molecule has 1 amide bonds. The molecule has 1 saturated heterocycles. The average Bonchev–Trinajstić information content (AvgIpc) is 3.18. The second-order valence-electron chi connectivity index (χ2n) is 8.65. The number of sulfonamides is 1. The molecular formula is C25H31N3O3S3. The van der Waals surface area contributed by atoms with Gasteiger partial charge in [-0.2, -0.15) is 21.1 Å². The number of fused-ring (bicyclic) bond motifs is 1. The van der Waals surface area contributed by atoms with E-state index in [1.165, 1.54) is 21.2 Å². The van der Waals surface area contributed by atoms with Crippen molar-refractivity contribution in [2.45, 2.75) is 44.6 Å². The Bertz CT molecular complexity index is 1340. The normalized spacial score (nSPS) is 18.0. The first-order chi connectivity index (χ1) is 16.3. The number of thiazole rings is 1. The van der Waals surface area contributed by atoms with Crippen LogP contribution in [-0.2, 0) is 27.8 Å². The maximum Gasteiger partial charge on any atom is 0.252 e. The molecule has 0 saturated carbocycles. The lowest BCUT2D eigenvalue weighted by atomic mass is 9.99. The van der Waals surface area contributed by atoms with Crippen molar-refractivity contribution in [3.63, 3.8) is 0 Å². The lowest BCUT2D eigenvalue weighted by Gasteiger charge is -2.30. The minimum atomic E-state index is -3.63. The summed E-state index contributed by atoms with van der Waals surface area (Å²) in [5, 5.41) is 0. The molecule has 1 fully saturated rings. The Labute approximate surface area is 209 Å². The highest BCUT2D eigenvalue weighted by Crippen LogP contribution is 2.25. The second kappa shape index (κ2) is 10.8. The number of aryl methyl sites for hydroxylation is 3. The first-order valence-electron chi connectivity index (χ1n) is 11.6. The highest BCUT2D eigenvalue weighted by atomic mass is 32.2. The standard InChI is InChI=1S/C25H31N3O3S3/c1-4-19-9-12-22-23(16-19)33-25(28(22)14-15-32-3)26-24(29)20-6-5-13-27(17-20)34(30,31)21-10-7-18(2)8-11-21/h7-12,16,20H,4-6,13-15,17H2,1-3H3. The number of hydrogen-bond donors (Lipinski definition) is 0. The van der Waals surface area contributed by atoms with Crippen LogP contribution in [0.4, 0.5) is 0 Å². The first-order valence-corrected chi connectivity index (χ1v) is 15.2. The molecule has 0 N–H and O–H groups in total. The third-order valence-corrected chi connectivity index (χ3v) is 9.78. The third-order valence-electron chi connectivity index (χ3n) is 6.27. The Morgan fingerprint density at radius 2 is 1.97 bits per heavy atom. The smallest absolute Gasteiger partial charge is 0.252 e. The summed E-state index contributed by atoms with van der Waals surface area (Å²) >= 11 is 3.29. The van der Waals surface area contributed by atoms with E-state index in [9.17, 15) is 13.2 Å². The molecular weight excluding hydrogens is 486 g/mol. The number of hydrogen-bond acceptors (Lipinski definition) is 5. The number of rotatable bonds is 7. The molecule has 34 heavy (non-hydrogen) atoms. The number of piperidine rings is 1. The van der Waals surface area contributed by atoms with Gasteiger partial charge in [-0.3, -0.25) is 4.79 Å².